The summed E-state index contributed by atoms with van der Waals surface area (Å²) in [5.74, 6) is -3.87. The zero-order chi connectivity index (χ0) is 24.3. The van der Waals surface area contributed by atoms with E-state index in [1.165, 1.54) is 15.9 Å². The molecule has 0 aromatic heterocycles. The topological polar surface area (TPSA) is 95.0 Å². The summed E-state index contributed by atoms with van der Waals surface area (Å²) in [7, 11) is 0. The van der Waals surface area contributed by atoms with Gasteiger partial charge in [0, 0.05) is 29.6 Å². The minimum absolute atomic E-state index is 0.00690. The summed E-state index contributed by atoms with van der Waals surface area (Å²) in [4.78, 5) is 56.0. The molecule has 2 aliphatic carbocycles. The fraction of sp³-hybridized carbons (Fsp3) is 0.538. The summed E-state index contributed by atoms with van der Waals surface area (Å²) in [6, 6.07) is 4.73. The van der Waals surface area contributed by atoms with Crippen molar-refractivity contribution in [3.05, 3.63) is 40.4 Å². The number of amides is 4. The van der Waals surface area contributed by atoms with Crippen LogP contribution in [0.3, 0.4) is 0 Å². The number of benzene rings is 1. The van der Waals surface area contributed by atoms with Crippen LogP contribution >= 0.6 is 11.6 Å². The third-order valence-electron chi connectivity index (χ3n) is 8.05. The van der Waals surface area contributed by atoms with E-state index in [4.69, 9.17) is 11.6 Å². The summed E-state index contributed by atoms with van der Waals surface area (Å²) in [5, 5.41) is 11.2. The maximum atomic E-state index is 13.5. The van der Waals surface area contributed by atoms with Crippen LogP contribution in [0.2, 0.25) is 5.02 Å². The van der Waals surface area contributed by atoms with Crippen molar-refractivity contribution in [1.29, 1.82) is 0 Å². The lowest BCUT2D eigenvalue weighted by Gasteiger charge is -2.44. The molecule has 4 amide bonds. The van der Waals surface area contributed by atoms with Gasteiger partial charge in [-0.3, -0.25) is 29.0 Å². The first-order valence-electron chi connectivity index (χ1n) is 12.2. The molecule has 1 aromatic carbocycles. The largest absolute Gasteiger partial charge is 0.508 e. The molecular weight excluding hydrogens is 456 g/mol. The SMILES string of the molecule is CCCN1C(=O)C2CC=C3C(CC4C(=O)N(CCC)C(=O)C4C3c3cc(Cl)ccc3O)C2C1=O. The maximum Gasteiger partial charge on any atom is 0.234 e. The Morgan fingerprint density at radius 3 is 2.15 bits per heavy atom. The minimum Gasteiger partial charge on any atom is -0.508 e. The number of imide groups is 2. The number of fused-ring (bicyclic) bond motifs is 4. The number of phenolic OH excluding ortho intramolecular Hbond substituents is 1. The number of carbonyl (C=O) groups is 4. The van der Waals surface area contributed by atoms with Crippen molar-refractivity contribution >= 4 is 35.2 Å². The van der Waals surface area contributed by atoms with Crippen molar-refractivity contribution in [1.82, 2.24) is 9.80 Å². The number of nitrogens with zero attached hydrogens (tertiary/aromatic N) is 2. The normalized spacial score (nSPS) is 32.6. The van der Waals surface area contributed by atoms with E-state index in [1.54, 1.807) is 12.1 Å². The van der Waals surface area contributed by atoms with E-state index >= 15 is 0 Å². The Hall–Kier alpha value is -2.67. The highest BCUT2D eigenvalue weighted by Crippen LogP contribution is 2.58. The first-order valence-corrected chi connectivity index (χ1v) is 12.6. The van der Waals surface area contributed by atoms with E-state index in [0.29, 0.717) is 49.4 Å². The predicted octanol–water partition coefficient (Wildman–Crippen LogP) is 3.50. The quantitative estimate of drug-likeness (QED) is 0.510. The lowest BCUT2D eigenvalue weighted by atomic mass is 9.57. The molecule has 2 saturated heterocycles. The van der Waals surface area contributed by atoms with Crippen LogP contribution in [-0.2, 0) is 19.2 Å². The molecule has 34 heavy (non-hydrogen) atoms. The van der Waals surface area contributed by atoms with Crippen LogP contribution in [-0.4, -0.2) is 51.6 Å². The molecule has 6 unspecified atom stereocenters. The fourth-order valence-corrected chi connectivity index (χ4v) is 6.91. The highest BCUT2D eigenvalue weighted by molar-refractivity contribution is 6.30. The Morgan fingerprint density at radius 1 is 0.882 bits per heavy atom. The van der Waals surface area contributed by atoms with E-state index in [9.17, 15) is 24.3 Å². The van der Waals surface area contributed by atoms with Gasteiger partial charge in [-0.2, -0.15) is 0 Å². The monoisotopic (exact) mass is 484 g/mol. The lowest BCUT2D eigenvalue weighted by molar-refractivity contribution is -0.142. The van der Waals surface area contributed by atoms with E-state index in [-0.39, 0.29) is 35.3 Å². The molecule has 2 aliphatic heterocycles. The van der Waals surface area contributed by atoms with Gasteiger partial charge in [-0.05, 0) is 49.8 Å². The number of halogens is 1. The third kappa shape index (κ3) is 3.23. The fourth-order valence-electron chi connectivity index (χ4n) is 6.73. The smallest absolute Gasteiger partial charge is 0.234 e. The molecule has 8 heteroatoms. The molecule has 4 aliphatic rings. The predicted molar refractivity (Wildman–Crippen MR) is 125 cm³/mol. The van der Waals surface area contributed by atoms with Gasteiger partial charge in [-0.1, -0.05) is 37.1 Å². The van der Waals surface area contributed by atoms with Crippen molar-refractivity contribution in [2.24, 2.45) is 29.6 Å². The number of carbonyl (C=O) groups excluding carboxylic acids is 4. The van der Waals surface area contributed by atoms with Gasteiger partial charge in [-0.15, -0.1) is 0 Å². The maximum absolute atomic E-state index is 13.5. The van der Waals surface area contributed by atoms with E-state index in [2.05, 4.69) is 0 Å². The average molecular weight is 485 g/mol. The number of hydrogen-bond acceptors (Lipinski definition) is 5. The standard InChI is InChI=1S/C26H29ClN2O5/c1-3-9-28-23(31)15-7-6-14-16(21(15)25(28)33)12-18-22(26(34)29(10-4-2)24(18)32)20(14)17-11-13(27)5-8-19(17)30/h5-6,8,11,15-16,18,20-22,30H,3-4,7,9-10,12H2,1-2H3. The molecule has 0 radical (unpaired) electrons. The Bertz CT molecular complexity index is 1110. The van der Waals surface area contributed by atoms with E-state index in [1.807, 2.05) is 19.9 Å². The molecule has 2 heterocycles. The number of phenols is 1. The Labute approximate surface area is 203 Å². The number of rotatable bonds is 5. The van der Waals surface area contributed by atoms with E-state index in [0.717, 1.165) is 5.57 Å². The van der Waals surface area contributed by atoms with Crippen molar-refractivity contribution in [2.75, 3.05) is 13.1 Å². The number of aromatic hydroxyl groups is 1. The molecule has 5 rings (SSSR count). The summed E-state index contributed by atoms with van der Waals surface area (Å²) in [6.45, 7) is 4.58. The molecule has 6 atom stereocenters. The highest BCUT2D eigenvalue weighted by Gasteiger charge is 2.61. The Kier molecular flexibility index (Phi) is 5.79. The van der Waals surface area contributed by atoms with Gasteiger partial charge in [0.25, 0.3) is 0 Å². The van der Waals surface area contributed by atoms with Gasteiger partial charge in [0.1, 0.15) is 5.75 Å². The van der Waals surface area contributed by atoms with Crippen LogP contribution in [0.5, 0.6) is 5.75 Å². The summed E-state index contributed by atoms with van der Waals surface area (Å²) in [5.41, 5.74) is 1.37. The minimum atomic E-state index is -0.651. The lowest BCUT2D eigenvalue weighted by Crippen LogP contribution is -2.43. The third-order valence-corrected chi connectivity index (χ3v) is 8.29. The summed E-state index contributed by atoms with van der Waals surface area (Å²) < 4.78 is 0. The second-order valence-corrected chi connectivity index (χ2v) is 10.3. The number of hydrogen-bond donors (Lipinski definition) is 1. The van der Waals surface area contributed by atoms with Gasteiger partial charge in [-0.25, -0.2) is 0 Å². The molecule has 0 spiro atoms. The molecular formula is C26H29ClN2O5. The Balaban J connectivity index is 1.64. The van der Waals surface area contributed by atoms with Crippen LogP contribution in [0, 0.1) is 29.6 Å². The van der Waals surface area contributed by atoms with Gasteiger partial charge in [0.05, 0.1) is 23.7 Å². The first kappa shape index (κ1) is 23.1. The van der Waals surface area contributed by atoms with Crippen molar-refractivity contribution in [3.63, 3.8) is 0 Å². The first-order chi connectivity index (χ1) is 16.3. The second-order valence-electron chi connectivity index (χ2n) is 9.88. The van der Waals surface area contributed by atoms with Crippen LogP contribution in [0.1, 0.15) is 51.0 Å². The van der Waals surface area contributed by atoms with Crippen molar-refractivity contribution in [3.8, 4) is 5.75 Å². The van der Waals surface area contributed by atoms with Gasteiger partial charge in [0.2, 0.25) is 23.6 Å². The van der Waals surface area contributed by atoms with Crippen molar-refractivity contribution < 1.29 is 24.3 Å². The zero-order valence-corrected chi connectivity index (χ0v) is 20.1. The molecule has 7 nitrogen and oxygen atoms in total. The molecule has 3 fully saturated rings. The van der Waals surface area contributed by atoms with Crippen LogP contribution in [0.4, 0.5) is 0 Å². The molecule has 0 bridgehead atoms. The summed E-state index contributed by atoms with van der Waals surface area (Å²) >= 11 is 6.28. The highest BCUT2D eigenvalue weighted by atomic mass is 35.5. The molecule has 1 aromatic rings. The molecule has 180 valence electrons. The van der Waals surface area contributed by atoms with Crippen LogP contribution in [0.15, 0.2) is 29.8 Å². The molecule has 1 N–H and O–H groups in total. The van der Waals surface area contributed by atoms with Crippen LogP contribution in [0.25, 0.3) is 0 Å². The number of allylic oxidation sites excluding steroid dienone is 2. The van der Waals surface area contributed by atoms with Gasteiger partial charge >= 0.3 is 0 Å². The van der Waals surface area contributed by atoms with Gasteiger partial charge < -0.3 is 5.11 Å². The van der Waals surface area contributed by atoms with Crippen LogP contribution < -0.4 is 0 Å². The average Bonchev–Trinajstić information content (AvgIpc) is 3.20. The summed E-state index contributed by atoms with van der Waals surface area (Å²) in [6.07, 6.45) is 4.09. The zero-order valence-electron chi connectivity index (χ0n) is 19.4. The second kappa shape index (κ2) is 8.52. The van der Waals surface area contributed by atoms with Crippen molar-refractivity contribution in [2.45, 2.75) is 45.4 Å². The molecule has 1 saturated carbocycles. The van der Waals surface area contributed by atoms with Gasteiger partial charge in [0.15, 0.2) is 0 Å². The Morgan fingerprint density at radius 2 is 1.50 bits per heavy atom. The number of likely N-dealkylation sites (tertiary alicyclic amines) is 2. The van der Waals surface area contributed by atoms with E-state index < -0.39 is 29.6 Å².